The van der Waals surface area contributed by atoms with Gasteiger partial charge in [0.25, 0.3) is 0 Å². The summed E-state index contributed by atoms with van der Waals surface area (Å²) in [7, 11) is 0. The monoisotopic (exact) mass is 870 g/mol. The number of aliphatic hydroxyl groups excluding tert-OH is 1. The number of aliphatic hydroxyl groups is 1. The van der Waals surface area contributed by atoms with Gasteiger partial charge in [-0.3, -0.25) is 48.1 Å². The minimum absolute atomic E-state index is 0.0326. The molecular weight excluding hydrogens is 816 g/mol. The molecule has 0 aliphatic heterocycles. The van der Waals surface area contributed by atoms with Crippen molar-refractivity contribution in [3.8, 4) is 0 Å². The standard InChI is InChI=1S/C40H54N8O14/c1-20(2)15-26(46-39(60)33(22(4)49)48-38(59)27(43-23(5)50)16-24-11-7-6-8-12-24)36(57)45-28(18-31(51)52)35(56)42-21(3)34(55)44-29(19-32(53)54)37(58)47-30(40(61)62)17-25-13-9-10-14-41-25/h6-14,20-22,26-30,33,49H,15-19H2,1-5H3,(H,42,56)(H,43,50)(H,44,55)(H,45,57)(H,46,60)(H,47,58)(H,48,59)(H,51,52)(H,53,54)(H,61,62)/t21-,22+,26-,27-,28-,29-,30-,33-/m0/s1. The van der Waals surface area contributed by atoms with Gasteiger partial charge in [0.1, 0.15) is 42.3 Å². The van der Waals surface area contributed by atoms with E-state index in [4.69, 9.17) is 0 Å². The number of carbonyl (C=O) groups is 10. The van der Waals surface area contributed by atoms with Gasteiger partial charge >= 0.3 is 17.9 Å². The summed E-state index contributed by atoms with van der Waals surface area (Å²) < 4.78 is 0. The first-order chi connectivity index (χ1) is 29.1. The van der Waals surface area contributed by atoms with Gasteiger partial charge in [-0.25, -0.2) is 4.79 Å². The molecule has 0 aliphatic rings. The van der Waals surface area contributed by atoms with Crippen LogP contribution in [0.4, 0.5) is 0 Å². The maximum Gasteiger partial charge on any atom is 0.326 e. The molecule has 0 bridgehead atoms. The molecule has 7 amide bonds. The SMILES string of the molecule is CC(=O)N[C@@H](Cc1ccccc1)C(=O)N[C@H](C(=O)N[C@@H](CC(C)C)C(=O)N[C@@H](CC(=O)O)C(=O)N[C@@H](C)C(=O)N[C@@H](CC(=O)O)C(=O)N[C@@H](Cc1ccccn1)C(=O)O)[C@@H](C)O. The Balaban J connectivity index is 2.21. The molecule has 22 heteroatoms. The van der Waals surface area contributed by atoms with Gasteiger partial charge in [0, 0.05) is 31.7 Å². The number of nitrogens with one attached hydrogen (secondary N) is 7. The van der Waals surface area contributed by atoms with Crippen molar-refractivity contribution >= 4 is 59.3 Å². The fourth-order valence-corrected chi connectivity index (χ4v) is 5.84. The van der Waals surface area contributed by atoms with Gasteiger partial charge < -0.3 is 57.6 Å². The van der Waals surface area contributed by atoms with Crippen LogP contribution in [-0.4, -0.2) is 133 Å². The number of carboxylic acids is 3. The van der Waals surface area contributed by atoms with Gasteiger partial charge in [-0.1, -0.05) is 50.2 Å². The molecule has 1 aromatic heterocycles. The van der Waals surface area contributed by atoms with Crippen molar-refractivity contribution in [3.63, 3.8) is 0 Å². The van der Waals surface area contributed by atoms with Gasteiger partial charge in [-0.2, -0.15) is 0 Å². The predicted octanol–water partition coefficient (Wildman–Crippen LogP) is -2.24. The Morgan fingerprint density at radius 2 is 1.05 bits per heavy atom. The molecule has 11 N–H and O–H groups in total. The van der Waals surface area contributed by atoms with Crippen molar-refractivity contribution < 1.29 is 68.4 Å². The van der Waals surface area contributed by atoms with Crippen LogP contribution in [0.1, 0.15) is 65.1 Å². The average Bonchev–Trinajstić information content (AvgIpc) is 3.18. The fourth-order valence-electron chi connectivity index (χ4n) is 5.84. The zero-order valence-electron chi connectivity index (χ0n) is 34.7. The second kappa shape index (κ2) is 25.0. The van der Waals surface area contributed by atoms with Crippen molar-refractivity contribution in [3.05, 3.63) is 66.0 Å². The van der Waals surface area contributed by atoms with E-state index < -0.39 is 120 Å². The summed E-state index contributed by atoms with van der Waals surface area (Å²) in [6, 6.07) is 2.15. The summed E-state index contributed by atoms with van der Waals surface area (Å²) in [5.41, 5.74) is 0.966. The zero-order chi connectivity index (χ0) is 46.7. The highest BCUT2D eigenvalue weighted by Crippen LogP contribution is 2.10. The van der Waals surface area contributed by atoms with Crippen molar-refractivity contribution in [1.82, 2.24) is 42.2 Å². The lowest BCUT2D eigenvalue weighted by Crippen LogP contribution is -2.61. The molecule has 0 fully saturated rings. The maximum absolute atomic E-state index is 13.6. The molecule has 22 nitrogen and oxygen atoms in total. The van der Waals surface area contributed by atoms with Crippen LogP contribution in [0.25, 0.3) is 0 Å². The molecule has 8 atom stereocenters. The van der Waals surface area contributed by atoms with E-state index >= 15 is 0 Å². The smallest absolute Gasteiger partial charge is 0.326 e. The van der Waals surface area contributed by atoms with Crippen molar-refractivity contribution in [2.45, 2.75) is 115 Å². The summed E-state index contributed by atoms with van der Waals surface area (Å²) in [6.45, 7) is 6.86. The first-order valence-corrected chi connectivity index (χ1v) is 19.4. The molecule has 62 heavy (non-hydrogen) atoms. The Labute approximate surface area is 356 Å². The zero-order valence-corrected chi connectivity index (χ0v) is 34.7. The number of rotatable bonds is 25. The van der Waals surface area contributed by atoms with E-state index in [1.165, 1.54) is 26.1 Å². The number of aromatic nitrogens is 1. The van der Waals surface area contributed by atoms with Crippen LogP contribution >= 0.6 is 0 Å². The van der Waals surface area contributed by atoms with Crippen LogP contribution in [0.5, 0.6) is 0 Å². The Morgan fingerprint density at radius 3 is 1.55 bits per heavy atom. The quantitative estimate of drug-likeness (QED) is 0.0503. The number of pyridine rings is 1. The second-order valence-corrected chi connectivity index (χ2v) is 14.8. The Morgan fingerprint density at radius 1 is 0.548 bits per heavy atom. The fraction of sp³-hybridized carbons (Fsp3) is 0.475. The van der Waals surface area contributed by atoms with Gasteiger partial charge in [-0.15, -0.1) is 0 Å². The molecule has 0 saturated carbocycles. The van der Waals surface area contributed by atoms with Crippen molar-refractivity contribution in [1.29, 1.82) is 0 Å². The van der Waals surface area contributed by atoms with E-state index in [1.807, 2.05) is 0 Å². The lowest BCUT2D eigenvalue weighted by Gasteiger charge is -2.28. The molecule has 338 valence electrons. The first kappa shape index (κ1) is 51.2. The number of hydrogen-bond donors (Lipinski definition) is 11. The van der Waals surface area contributed by atoms with E-state index in [0.29, 0.717) is 5.56 Å². The summed E-state index contributed by atoms with van der Waals surface area (Å²) in [5, 5.41) is 55.2. The Bertz CT molecular complexity index is 1910. The molecule has 2 rings (SSSR count). The summed E-state index contributed by atoms with van der Waals surface area (Å²) in [5.74, 6) is -11.9. The number of nitrogens with zero attached hydrogens (tertiary/aromatic N) is 1. The average molecular weight is 871 g/mol. The number of carbonyl (C=O) groups excluding carboxylic acids is 7. The molecule has 1 aromatic carbocycles. The van der Waals surface area contributed by atoms with Gasteiger partial charge in [0.15, 0.2) is 0 Å². The van der Waals surface area contributed by atoms with E-state index in [-0.39, 0.29) is 30.9 Å². The van der Waals surface area contributed by atoms with Crippen LogP contribution in [0.2, 0.25) is 0 Å². The van der Waals surface area contributed by atoms with Gasteiger partial charge in [0.2, 0.25) is 41.4 Å². The Kier molecular flexibility index (Phi) is 20.6. The number of hydrogen-bond acceptors (Lipinski definition) is 12. The highest BCUT2D eigenvalue weighted by atomic mass is 16.4. The molecule has 2 aromatic rings. The third kappa shape index (κ3) is 18.1. The summed E-state index contributed by atoms with van der Waals surface area (Å²) in [4.78, 5) is 131. The van der Waals surface area contributed by atoms with E-state index in [2.05, 4.69) is 42.2 Å². The molecule has 0 saturated heterocycles. The summed E-state index contributed by atoms with van der Waals surface area (Å²) >= 11 is 0. The lowest BCUT2D eigenvalue weighted by atomic mass is 10.0. The topological polar surface area (TPSA) is 349 Å². The largest absolute Gasteiger partial charge is 0.481 e. The van der Waals surface area contributed by atoms with E-state index in [0.717, 1.165) is 6.92 Å². The van der Waals surface area contributed by atoms with Crippen LogP contribution in [0.3, 0.4) is 0 Å². The minimum atomic E-state index is -1.87. The molecule has 0 unspecified atom stereocenters. The van der Waals surface area contributed by atoms with Crippen molar-refractivity contribution in [2.24, 2.45) is 5.92 Å². The van der Waals surface area contributed by atoms with Crippen molar-refractivity contribution in [2.75, 3.05) is 0 Å². The van der Waals surface area contributed by atoms with E-state index in [1.54, 1.807) is 56.3 Å². The van der Waals surface area contributed by atoms with E-state index in [9.17, 15) is 68.4 Å². The number of benzene rings is 1. The third-order valence-corrected chi connectivity index (χ3v) is 8.91. The van der Waals surface area contributed by atoms with Crippen LogP contribution in [0, 0.1) is 5.92 Å². The molecule has 0 spiro atoms. The Hall–Kier alpha value is -6.97. The second-order valence-electron chi connectivity index (χ2n) is 14.8. The van der Waals surface area contributed by atoms with Crippen LogP contribution in [-0.2, 0) is 60.8 Å². The van der Waals surface area contributed by atoms with Gasteiger partial charge in [-0.05, 0) is 43.9 Å². The maximum atomic E-state index is 13.6. The lowest BCUT2D eigenvalue weighted by molar-refractivity contribution is -0.143. The third-order valence-electron chi connectivity index (χ3n) is 8.91. The number of amides is 7. The normalized spacial score (nSPS) is 14.8. The summed E-state index contributed by atoms with van der Waals surface area (Å²) in [6.07, 6.45) is -2.49. The van der Waals surface area contributed by atoms with Crippen LogP contribution < -0.4 is 37.2 Å². The number of carboxylic acid groups (broad SMARTS) is 3. The van der Waals surface area contributed by atoms with Gasteiger partial charge in [0.05, 0.1) is 18.9 Å². The first-order valence-electron chi connectivity index (χ1n) is 19.4. The van der Waals surface area contributed by atoms with Crippen LogP contribution in [0.15, 0.2) is 54.7 Å². The number of aliphatic carboxylic acids is 3. The highest BCUT2D eigenvalue weighted by molar-refractivity contribution is 5.98. The molecule has 1 heterocycles. The molecule has 0 aliphatic carbocycles. The molecule has 0 radical (unpaired) electrons. The highest BCUT2D eigenvalue weighted by Gasteiger charge is 2.35. The minimum Gasteiger partial charge on any atom is -0.481 e. The molecular formula is C40H54N8O14. The predicted molar refractivity (Wildman–Crippen MR) is 216 cm³/mol.